The Kier molecular flexibility index (Phi) is 8.85. The van der Waals surface area contributed by atoms with Crippen molar-refractivity contribution in [1.29, 1.82) is 0 Å². The largest absolute Gasteiger partial charge is 0.351 e. The molecule has 0 fully saturated rings. The number of rotatable bonds is 7. The lowest BCUT2D eigenvalue weighted by atomic mass is 10.0. The third-order valence-corrected chi connectivity index (χ3v) is 5.17. The molecule has 1 heterocycles. The molecule has 3 N–H and O–H groups in total. The lowest BCUT2D eigenvalue weighted by Crippen LogP contribution is -2.39. The first-order valence-electron chi connectivity index (χ1n) is 6.59. The van der Waals surface area contributed by atoms with Crippen molar-refractivity contribution in [3.05, 3.63) is 29.6 Å². The molecule has 6 heteroatoms. The van der Waals surface area contributed by atoms with Crippen LogP contribution in [0, 0.1) is 0 Å². The van der Waals surface area contributed by atoms with Crippen molar-refractivity contribution in [2.24, 2.45) is 5.73 Å². The summed E-state index contributed by atoms with van der Waals surface area (Å²) in [6.45, 7) is 5.34. The zero-order valence-electron chi connectivity index (χ0n) is 12.3. The van der Waals surface area contributed by atoms with Crippen molar-refractivity contribution in [2.45, 2.75) is 38.0 Å². The van der Waals surface area contributed by atoms with Gasteiger partial charge in [-0.2, -0.15) is 11.8 Å². The molecule has 1 aromatic rings. The van der Waals surface area contributed by atoms with E-state index in [1.165, 1.54) is 0 Å². The van der Waals surface area contributed by atoms with Gasteiger partial charge in [0, 0.05) is 29.6 Å². The number of hydrogen-bond acceptors (Lipinski definition) is 4. The summed E-state index contributed by atoms with van der Waals surface area (Å²) < 4.78 is 0.124. The molecule has 0 radical (unpaired) electrons. The van der Waals surface area contributed by atoms with Gasteiger partial charge < -0.3 is 11.1 Å². The Morgan fingerprint density at radius 3 is 2.60 bits per heavy atom. The van der Waals surface area contributed by atoms with Crippen LogP contribution in [0.4, 0.5) is 0 Å². The molecule has 0 unspecified atom stereocenters. The lowest BCUT2D eigenvalue weighted by Gasteiger charge is -2.29. The molecule has 0 aliphatic heterocycles. The van der Waals surface area contributed by atoms with E-state index in [2.05, 4.69) is 30.4 Å². The van der Waals surface area contributed by atoms with Gasteiger partial charge in [0.2, 0.25) is 0 Å². The highest BCUT2D eigenvalue weighted by molar-refractivity contribution is 8.00. The minimum absolute atomic E-state index is 0. The molecule has 0 saturated carbocycles. The summed E-state index contributed by atoms with van der Waals surface area (Å²) in [7, 11) is 0. The number of carbonyl (C=O) groups is 1. The number of thioether (sulfide) groups is 1. The number of nitrogens with one attached hydrogen (secondary N) is 1. The second kappa shape index (κ2) is 9.21. The molecule has 0 aromatic carbocycles. The molecule has 1 rings (SSSR count). The topological polar surface area (TPSA) is 68.0 Å². The summed E-state index contributed by atoms with van der Waals surface area (Å²) in [5.41, 5.74) is 6.88. The fraction of sp³-hybridized carbons (Fsp3) is 0.571. The van der Waals surface area contributed by atoms with Crippen LogP contribution >= 0.6 is 24.2 Å². The van der Waals surface area contributed by atoms with Crippen LogP contribution in [0.1, 0.15) is 42.7 Å². The van der Waals surface area contributed by atoms with Crippen LogP contribution in [0.3, 0.4) is 0 Å². The summed E-state index contributed by atoms with van der Waals surface area (Å²) in [4.78, 5) is 16.2. The van der Waals surface area contributed by atoms with Gasteiger partial charge in [-0.25, -0.2) is 0 Å². The molecule has 0 spiro atoms. The molecule has 1 amide bonds. The van der Waals surface area contributed by atoms with Crippen LogP contribution in [-0.4, -0.2) is 28.4 Å². The predicted octanol–water partition coefficient (Wildman–Crippen LogP) is 2.61. The summed E-state index contributed by atoms with van der Waals surface area (Å²) in [5.74, 6) is -0.0579. The zero-order valence-corrected chi connectivity index (χ0v) is 13.9. The van der Waals surface area contributed by atoms with Crippen LogP contribution < -0.4 is 11.1 Å². The first kappa shape index (κ1) is 19.2. The molecule has 0 atom stereocenters. The van der Waals surface area contributed by atoms with Crippen LogP contribution in [0.5, 0.6) is 0 Å². The van der Waals surface area contributed by atoms with Crippen molar-refractivity contribution in [2.75, 3.05) is 12.8 Å². The van der Waals surface area contributed by atoms with Gasteiger partial charge in [-0.3, -0.25) is 9.78 Å². The van der Waals surface area contributed by atoms with Crippen LogP contribution in [-0.2, 0) is 6.54 Å². The summed E-state index contributed by atoms with van der Waals surface area (Å²) >= 11 is 1.82. The Labute approximate surface area is 131 Å². The van der Waals surface area contributed by atoms with E-state index >= 15 is 0 Å². The van der Waals surface area contributed by atoms with E-state index in [4.69, 9.17) is 5.73 Å². The third kappa shape index (κ3) is 4.96. The van der Waals surface area contributed by atoms with Gasteiger partial charge in [0.25, 0.3) is 5.91 Å². The van der Waals surface area contributed by atoms with E-state index in [0.29, 0.717) is 18.7 Å². The highest BCUT2D eigenvalue weighted by Crippen LogP contribution is 2.29. The monoisotopic (exact) mass is 317 g/mol. The molecule has 20 heavy (non-hydrogen) atoms. The Morgan fingerprint density at radius 1 is 1.45 bits per heavy atom. The fourth-order valence-electron chi connectivity index (χ4n) is 1.94. The van der Waals surface area contributed by atoms with Crippen molar-refractivity contribution in [3.63, 3.8) is 0 Å². The quantitative estimate of drug-likeness (QED) is 0.811. The van der Waals surface area contributed by atoms with Crippen molar-refractivity contribution < 1.29 is 4.79 Å². The Morgan fingerprint density at radius 2 is 2.10 bits per heavy atom. The molecular weight excluding hydrogens is 294 g/mol. The number of hydrogen-bond donors (Lipinski definition) is 2. The van der Waals surface area contributed by atoms with Crippen LogP contribution in [0.2, 0.25) is 0 Å². The van der Waals surface area contributed by atoms with E-state index in [1.54, 1.807) is 18.3 Å². The van der Waals surface area contributed by atoms with Crippen molar-refractivity contribution in [1.82, 2.24) is 10.3 Å². The second-order valence-corrected chi connectivity index (χ2v) is 5.79. The molecule has 114 valence electrons. The predicted molar refractivity (Wildman–Crippen MR) is 88.5 cm³/mol. The molecular formula is C14H24ClN3OS. The minimum atomic E-state index is -0.0579. The minimum Gasteiger partial charge on any atom is -0.351 e. The van der Waals surface area contributed by atoms with Gasteiger partial charge in [0.05, 0.1) is 5.69 Å². The molecule has 0 aliphatic rings. The smallest absolute Gasteiger partial charge is 0.251 e. The average Bonchev–Trinajstić information content (AvgIpc) is 2.49. The maximum absolute atomic E-state index is 12.1. The standard InChI is InChI=1S/C14H23N3OS.ClH/c1-4-14(5-2,19-3)10-17-13(18)11-6-7-16-12(8-11)9-15;/h6-8H,4-5,9-10,15H2,1-3H3,(H,17,18);1H. The number of halogens is 1. The van der Waals surface area contributed by atoms with E-state index in [9.17, 15) is 4.79 Å². The SMILES string of the molecule is CCC(CC)(CNC(=O)c1ccnc(CN)c1)SC.Cl. The van der Waals surface area contributed by atoms with E-state index < -0.39 is 0 Å². The Bertz CT molecular complexity index is 416. The normalized spacial score (nSPS) is 10.8. The van der Waals surface area contributed by atoms with Gasteiger partial charge in [0.1, 0.15) is 0 Å². The lowest BCUT2D eigenvalue weighted by molar-refractivity contribution is 0.0948. The highest BCUT2D eigenvalue weighted by Gasteiger charge is 2.25. The number of amides is 1. The third-order valence-electron chi connectivity index (χ3n) is 3.58. The van der Waals surface area contributed by atoms with Gasteiger partial charge in [0.15, 0.2) is 0 Å². The summed E-state index contributed by atoms with van der Waals surface area (Å²) in [6, 6.07) is 3.46. The summed E-state index contributed by atoms with van der Waals surface area (Å²) in [5, 5.41) is 3.02. The van der Waals surface area contributed by atoms with Gasteiger partial charge >= 0.3 is 0 Å². The van der Waals surface area contributed by atoms with Gasteiger partial charge in [-0.1, -0.05) is 13.8 Å². The molecule has 0 bridgehead atoms. The van der Waals surface area contributed by atoms with E-state index in [1.807, 2.05) is 11.8 Å². The van der Waals surface area contributed by atoms with E-state index in [-0.39, 0.29) is 23.1 Å². The molecule has 0 saturated heterocycles. The Balaban J connectivity index is 0.00000361. The van der Waals surface area contributed by atoms with E-state index in [0.717, 1.165) is 18.5 Å². The first-order valence-corrected chi connectivity index (χ1v) is 7.81. The molecule has 0 aliphatic carbocycles. The van der Waals surface area contributed by atoms with Crippen molar-refractivity contribution >= 4 is 30.1 Å². The highest BCUT2D eigenvalue weighted by atomic mass is 35.5. The maximum Gasteiger partial charge on any atom is 0.251 e. The number of nitrogens with zero attached hydrogens (tertiary/aromatic N) is 1. The van der Waals surface area contributed by atoms with Gasteiger partial charge in [-0.15, -0.1) is 12.4 Å². The summed E-state index contributed by atoms with van der Waals surface area (Å²) in [6.07, 6.45) is 5.79. The molecule has 4 nitrogen and oxygen atoms in total. The van der Waals surface area contributed by atoms with Crippen molar-refractivity contribution in [3.8, 4) is 0 Å². The number of aromatic nitrogens is 1. The number of carbonyl (C=O) groups excluding carboxylic acids is 1. The molecule has 1 aromatic heterocycles. The number of nitrogens with two attached hydrogens (primary N) is 1. The average molecular weight is 318 g/mol. The zero-order chi connectivity index (χ0) is 14.3. The number of pyridine rings is 1. The first-order chi connectivity index (χ1) is 9.10. The maximum atomic E-state index is 12.1. The Hall–Kier alpha value is -0.780. The van der Waals surface area contributed by atoms with Crippen LogP contribution in [0.15, 0.2) is 18.3 Å². The fourth-order valence-corrected chi connectivity index (χ4v) is 2.73. The van der Waals surface area contributed by atoms with Gasteiger partial charge in [-0.05, 0) is 31.2 Å². The van der Waals surface area contributed by atoms with Crippen LogP contribution in [0.25, 0.3) is 0 Å². The second-order valence-electron chi connectivity index (χ2n) is 4.52.